The van der Waals surface area contributed by atoms with Crippen molar-refractivity contribution in [2.45, 2.75) is 58.3 Å². The van der Waals surface area contributed by atoms with Crippen molar-refractivity contribution in [2.75, 3.05) is 6.61 Å². The number of benzene rings is 1. The lowest BCUT2D eigenvalue weighted by atomic mass is 10.2. The number of nitrogens with one attached hydrogen (secondary N) is 2. The second-order valence-electron chi connectivity index (χ2n) is 6.52. The van der Waals surface area contributed by atoms with E-state index in [1.807, 2.05) is 45.9 Å². The number of rotatable bonds is 6. The lowest BCUT2D eigenvalue weighted by Crippen LogP contribution is -2.36. The Labute approximate surface area is 132 Å². The van der Waals surface area contributed by atoms with Gasteiger partial charge in [0.25, 0.3) is 0 Å². The quantitative estimate of drug-likeness (QED) is 0.848. The first-order chi connectivity index (χ1) is 10.4. The molecule has 2 rings (SSSR count). The van der Waals surface area contributed by atoms with Gasteiger partial charge in [-0.3, -0.25) is 0 Å². The number of para-hydroxylation sites is 1. The van der Waals surface area contributed by atoms with Crippen LogP contribution in [0.15, 0.2) is 24.3 Å². The average Bonchev–Trinajstić information content (AvgIpc) is 3.14. The molecule has 1 aromatic rings. The molecule has 1 saturated carbocycles. The van der Waals surface area contributed by atoms with Gasteiger partial charge in [0.2, 0.25) is 0 Å². The van der Waals surface area contributed by atoms with Gasteiger partial charge in [0, 0.05) is 24.2 Å². The van der Waals surface area contributed by atoms with Crippen LogP contribution in [0.1, 0.15) is 39.7 Å². The molecule has 122 valence electrons. The van der Waals surface area contributed by atoms with Gasteiger partial charge in [-0.2, -0.15) is 0 Å². The highest BCUT2D eigenvalue weighted by Crippen LogP contribution is 2.24. The van der Waals surface area contributed by atoms with Crippen LogP contribution in [-0.2, 0) is 11.3 Å². The lowest BCUT2D eigenvalue weighted by molar-refractivity contribution is 0.0522. The van der Waals surface area contributed by atoms with E-state index in [1.54, 1.807) is 0 Å². The molecule has 1 aliphatic carbocycles. The maximum Gasteiger partial charge on any atom is 0.407 e. The van der Waals surface area contributed by atoms with E-state index in [2.05, 4.69) is 16.7 Å². The minimum absolute atomic E-state index is 0.147. The van der Waals surface area contributed by atoms with Crippen LogP contribution in [0, 0.1) is 0 Å². The van der Waals surface area contributed by atoms with Crippen LogP contribution in [0.3, 0.4) is 0 Å². The zero-order valence-electron chi connectivity index (χ0n) is 13.8. The number of carbonyl (C=O) groups excluding carboxylic acids is 1. The Hall–Kier alpha value is -1.75. The molecule has 2 atom stereocenters. The van der Waals surface area contributed by atoms with Crippen LogP contribution in [0.2, 0.25) is 0 Å². The Kier molecular flexibility index (Phi) is 5.29. The molecular formula is C17H26N2O3. The number of alkyl carbamates (subject to hydrolysis) is 1. The van der Waals surface area contributed by atoms with E-state index in [-0.39, 0.29) is 12.1 Å². The Morgan fingerprint density at radius 3 is 2.68 bits per heavy atom. The third-order valence-electron chi connectivity index (χ3n) is 3.32. The van der Waals surface area contributed by atoms with Crippen molar-refractivity contribution in [1.82, 2.24) is 10.6 Å². The number of hydrogen-bond acceptors (Lipinski definition) is 4. The normalized spacial score (nSPS) is 20.4. The predicted octanol–water partition coefficient (Wildman–Crippen LogP) is 2.84. The van der Waals surface area contributed by atoms with Gasteiger partial charge >= 0.3 is 6.09 Å². The van der Waals surface area contributed by atoms with Crippen molar-refractivity contribution >= 4 is 6.09 Å². The van der Waals surface area contributed by atoms with Gasteiger partial charge in [0.15, 0.2) is 0 Å². The molecule has 1 aromatic carbocycles. The zero-order valence-corrected chi connectivity index (χ0v) is 13.8. The van der Waals surface area contributed by atoms with Gasteiger partial charge in [-0.15, -0.1) is 0 Å². The molecule has 22 heavy (non-hydrogen) atoms. The topological polar surface area (TPSA) is 59.6 Å². The minimum Gasteiger partial charge on any atom is -0.494 e. The van der Waals surface area contributed by atoms with Crippen LogP contribution in [-0.4, -0.2) is 30.4 Å². The van der Waals surface area contributed by atoms with Crippen molar-refractivity contribution in [2.24, 2.45) is 0 Å². The SMILES string of the molecule is CCOc1ccccc1CNC1CC1NC(=O)OC(C)(C)C. The third-order valence-corrected chi connectivity index (χ3v) is 3.32. The summed E-state index contributed by atoms with van der Waals surface area (Å²) in [6.45, 7) is 8.95. The molecule has 0 saturated heterocycles. The number of carbonyl (C=O) groups is 1. The molecule has 1 amide bonds. The van der Waals surface area contributed by atoms with E-state index >= 15 is 0 Å². The number of hydrogen-bond donors (Lipinski definition) is 2. The summed E-state index contributed by atoms with van der Waals surface area (Å²) in [6.07, 6.45) is 0.576. The molecule has 2 unspecified atom stereocenters. The van der Waals surface area contributed by atoms with Crippen molar-refractivity contribution in [3.05, 3.63) is 29.8 Å². The Bertz CT molecular complexity index is 511. The smallest absolute Gasteiger partial charge is 0.407 e. The van der Waals surface area contributed by atoms with Gasteiger partial charge < -0.3 is 20.1 Å². The fourth-order valence-electron chi connectivity index (χ4n) is 2.23. The lowest BCUT2D eigenvalue weighted by Gasteiger charge is -2.19. The van der Waals surface area contributed by atoms with Crippen molar-refractivity contribution in [1.29, 1.82) is 0 Å². The largest absolute Gasteiger partial charge is 0.494 e. The molecule has 2 N–H and O–H groups in total. The molecule has 0 radical (unpaired) electrons. The third kappa shape index (κ3) is 5.22. The molecule has 0 aromatic heterocycles. The molecule has 0 spiro atoms. The summed E-state index contributed by atoms with van der Waals surface area (Å²) in [5.41, 5.74) is 0.672. The molecule has 5 heteroatoms. The van der Waals surface area contributed by atoms with Gasteiger partial charge in [0.05, 0.1) is 6.61 Å². The molecule has 0 heterocycles. The minimum atomic E-state index is -0.460. The first kappa shape index (κ1) is 16.6. The van der Waals surface area contributed by atoms with E-state index in [4.69, 9.17) is 9.47 Å². The van der Waals surface area contributed by atoms with E-state index in [0.29, 0.717) is 12.6 Å². The van der Waals surface area contributed by atoms with Crippen LogP contribution < -0.4 is 15.4 Å². The van der Waals surface area contributed by atoms with Crippen LogP contribution >= 0.6 is 0 Å². The first-order valence-electron chi connectivity index (χ1n) is 7.82. The highest BCUT2D eigenvalue weighted by atomic mass is 16.6. The summed E-state index contributed by atoms with van der Waals surface area (Å²) in [5.74, 6) is 0.912. The summed E-state index contributed by atoms with van der Waals surface area (Å²) in [4.78, 5) is 11.7. The fourth-order valence-corrected chi connectivity index (χ4v) is 2.23. The number of ether oxygens (including phenoxy) is 2. The average molecular weight is 306 g/mol. The number of amides is 1. The van der Waals surface area contributed by atoms with Crippen LogP contribution in [0.4, 0.5) is 4.79 Å². The standard InChI is InChI=1S/C17H26N2O3/c1-5-21-15-9-7-6-8-12(15)11-18-13-10-14(13)19-16(20)22-17(2,3)4/h6-9,13-14,18H,5,10-11H2,1-4H3,(H,19,20). The summed E-state index contributed by atoms with van der Waals surface area (Å²) >= 11 is 0. The Balaban J connectivity index is 1.75. The highest BCUT2D eigenvalue weighted by molar-refractivity contribution is 5.68. The van der Waals surface area contributed by atoms with Gasteiger partial charge in [-0.25, -0.2) is 4.79 Å². The first-order valence-corrected chi connectivity index (χ1v) is 7.82. The highest BCUT2D eigenvalue weighted by Gasteiger charge is 2.38. The van der Waals surface area contributed by atoms with E-state index in [1.165, 1.54) is 0 Å². The van der Waals surface area contributed by atoms with E-state index < -0.39 is 5.60 Å². The summed E-state index contributed by atoms with van der Waals surface area (Å²) in [6, 6.07) is 8.44. The molecule has 1 fully saturated rings. The van der Waals surface area contributed by atoms with Crippen molar-refractivity contribution < 1.29 is 14.3 Å². The Morgan fingerprint density at radius 1 is 1.27 bits per heavy atom. The molecule has 5 nitrogen and oxygen atoms in total. The van der Waals surface area contributed by atoms with E-state index in [0.717, 1.165) is 24.3 Å². The van der Waals surface area contributed by atoms with Crippen molar-refractivity contribution in [3.63, 3.8) is 0 Å². The zero-order chi connectivity index (χ0) is 16.2. The van der Waals surface area contributed by atoms with E-state index in [9.17, 15) is 4.79 Å². The van der Waals surface area contributed by atoms with Crippen molar-refractivity contribution in [3.8, 4) is 5.75 Å². The molecule has 0 aliphatic heterocycles. The predicted molar refractivity (Wildman–Crippen MR) is 86.0 cm³/mol. The molecule has 0 bridgehead atoms. The molecule has 1 aliphatic rings. The van der Waals surface area contributed by atoms with Gasteiger partial charge in [-0.1, -0.05) is 18.2 Å². The summed E-state index contributed by atoms with van der Waals surface area (Å²) in [5, 5.41) is 6.32. The summed E-state index contributed by atoms with van der Waals surface area (Å²) < 4.78 is 10.9. The maximum absolute atomic E-state index is 11.7. The second kappa shape index (κ2) is 7.01. The maximum atomic E-state index is 11.7. The van der Waals surface area contributed by atoms with Crippen LogP contribution in [0.5, 0.6) is 5.75 Å². The van der Waals surface area contributed by atoms with Gasteiger partial charge in [-0.05, 0) is 40.2 Å². The Morgan fingerprint density at radius 2 is 2.00 bits per heavy atom. The second-order valence-corrected chi connectivity index (χ2v) is 6.52. The monoisotopic (exact) mass is 306 g/mol. The molecular weight excluding hydrogens is 280 g/mol. The fraction of sp³-hybridized carbons (Fsp3) is 0.588. The van der Waals surface area contributed by atoms with Crippen LogP contribution in [0.25, 0.3) is 0 Å². The summed E-state index contributed by atoms with van der Waals surface area (Å²) in [7, 11) is 0. The van der Waals surface area contributed by atoms with Gasteiger partial charge in [0.1, 0.15) is 11.4 Å².